The van der Waals surface area contributed by atoms with Crippen LogP contribution in [0.15, 0.2) is 0 Å². The molecule has 7 heavy (non-hydrogen) atoms. The monoisotopic (exact) mass is 141 g/mol. The quantitative estimate of drug-likeness (QED) is 0.538. The summed E-state index contributed by atoms with van der Waals surface area (Å²) >= 11 is 1.86. The van der Waals surface area contributed by atoms with Gasteiger partial charge in [-0.15, -0.1) is 12.4 Å². The number of nitrogens with two attached hydrogens (primary N) is 1. The van der Waals surface area contributed by atoms with E-state index >= 15 is 0 Å². The molecule has 0 aliphatic carbocycles. The first kappa shape index (κ1) is 7.56. The molecule has 0 radical (unpaired) electrons. The zero-order chi connectivity index (χ0) is 4.41. The third-order valence-corrected chi connectivity index (χ3v) is 2.01. The lowest BCUT2D eigenvalue weighted by molar-refractivity contribution is 0.0790. The smallest absolute Gasteiger partial charge is 0.0967 e. The van der Waals surface area contributed by atoms with E-state index in [0.717, 1.165) is 11.5 Å². The van der Waals surface area contributed by atoms with E-state index in [9.17, 15) is 0 Å². The molecule has 0 aromatic carbocycles. The van der Waals surface area contributed by atoms with Crippen molar-refractivity contribution in [3.05, 3.63) is 0 Å². The summed E-state index contributed by atoms with van der Waals surface area (Å²) in [4.78, 5) is 4.47. The van der Waals surface area contributed by atoms with E-state index in [1.165, 1.54) is 0 Å². The predicted octanol–water partition coefficient (Wildman–Crippen LogP) is 0.414. The van der Waals surface area contributed by atoms with Gasteiger partial charge in [-0.2, -0.15) is 11.8 Å². The van der Waals surface area contributed by atoms with Crippen molar-refractivity contribution in [1.29, 1.82) is 0 Å². The molecule has 0 atom stereocenters. The maximum Gasteiger partial charge on any atom is 0.0967 e. The highest BCUT2D eigenvalue weighted by atomic mass is 35.5. The van der Waals surface area contributed by atoms with Crippen LogP contribution in [0.4, 0.5) is 0 Å². The Morgan fingerprint density at radius 2 is 2.14 bits per heavy atom. The SMILES string of the molecule is Cl.NOC1CSC1. The van der Waals surface area contributed by atoms with E-state index < -0.39 is 0 Å². The fourth-order valence-corrected chi connectivity index (χ4v) is 0.878. The molecule has 0 unspecified atom stereocenters. The first-order valence-corrected chi connectivity index (χ1v) is 3.02. The maximum atomic E-state index is 4.82. The number of thioether (sulfide) groups is 1. The van der Waals surface area contributed by atoms with Gasteiger partial charge < -0.3 is 0 Å². The molecule has 1 saturated heterocycles. The van der Waals surface area contributed by atoms with E-state index in [0.29, 0.717) is 6.10 Å². The standard InChI is InChI=1S/C3H7NOS.ClH/c4-5-3-1-6-2-3;/h3H,1-2,4H2;1H. The minimum atomic E-state index is 0. The molecule has 4 heteroatoms. The zero-order valence-electron chi connectivity index (χ0n) is 3.79. The summed E-state index contributed by atoms with van der Waals surface area (Å²) < 4.78 is 0. The molecule has 0 aromatic rings. The highest BCUT2D eigenvalue weighted by molar-refractivity contribution is 8.00. The predicted molar refractivity (Wildman–Crippen MR) is 33.6 cm³/mol. The summed E-state index contributed by atoms with van der Waals surface area (Å²) in [6.45, 7) is 0. The van der Waals surface area contributed by atoms with Gasteiger partial charge in [0.2, 0.25) is 0 Å². The number of rotatable bonds is 1. The van der Waals surface area contributed by atoms with Crippen molar-refractivity contribution in [2.75, 3.05) is 11.5 Å². The molecule has 0 aromatic heterocycles. The van der Waals surface area contributed by atoms with Gasteiger partial charge in [-0.25, -0.2) is 5.90 Å². The fourth-order valence-electron chi connectivity index (χ4n) is 0.293. The fraction of sp³-hybridized carbons (Fsp3) is 1.00. The maximum absolute atomic E-state index is 4.82. The second-order valence-electron chi connectivity index (χ2n) is 1.30. The van der Waals surface area contributed by atoms with Gasteiger partial charge in [0, 0.05) is 11.5 Å². The number of halogens is 1. The molecule has 1 fully saturated rings. The molecule has 1 aliphatic rings. The summed E-state index contributed by atoms with van der Waals surface area (Å²) in [5.41, 5.74) is 0. The van der Waals surface area contributed by atoms with Crippen molar-refractivity contribution >= 4 is 24.2 Å². The van der Waals surface area contributed by atoms with Crippen molar-refractivity contribution in [2.24, 2.45) is 5.90 Å². The van der Waals surface area contributed by atoms with Gasteiger partial charge in [0.25, 0.3) is 0 Å². The van der Waals surface area contributed by atoms with Crippen LogP contribution in [-0.2, 0) is 4.84 Å². The van der Waals surface area contributed by atoms with E-state index in [4.69, 9.17) is 5.90 Å². The summed E-state index contributed by atoms with van der Waals surface area (Å²) in [6, 6.07) is 0. The summed E-state index contributed by atoms with van der Waals surface area (Å²) in [5, 5.41) is 0. The Morgan fingerprint density at radius 3 is 2.14 bits per heavy atom. The lowest BCUT2D eigenvalue weighted by Crippen LogP contribution is -2.30. The Hall–Kier alpha value is 0.560. The van der Waals surface area contributed by atoms with E-state index in [2.05, 4.69) is 4.84 Å². The van der Waals surface area contributed by atoms with Crippen LogP contribution in [0.3, 0.4) is 0 Å². The van der Waals surface area contributed by atoms with Crippen molar-refractivity contribution in [1.82, 2.24) is 0 Å². The molecular formula is C3H8ClNOS. The molecule has 0 amide bonds. The van der Waals surface area contributed by atoms with Gasteiger partial charge in [0.1, 0.15) is 0 Å². The third-order valence-electron chi connectivity index (χ3n) is 0.800. The van der Waals surface area contributed by atoms with Gasteiger partial charge in [-0.05, 0) is 0 Å². The summed E-state index contributed by atoms with van der Waals surface area (Å²) in [7, 11) is 0. The molecule has 0 saturated carbocycles. The van der Waals surface area contributed by atoms with Crippen LogP contribution in [0.1, 0.15) is 0 Å². The Morgan fingerprint density at radius 1 is 1.57 bits per heavy atom. The van der Waals surface area contributed by atoms with Gasteiger partial charge in [0.05, 0.1) is 6.10 Å². The normalized spacial score (nSPS) is 20.1. The minimum absolute atomic E-state index is 0. The van der Waals surface area contributed by atoms with E-state index in [1.54, 1.807) is 0 Å². The topological polar surface area (TPSA) is 35.2 Å². The highest BCUT2D eigenvalue weighted by Gasteiger charge is 2.16. The van der Waals surface area contributed by atoms with E-state index in [-0.39, 0.29) is 12.4 Å². The second kappa shape index (κ2) is 3.55. The van der Waals surface area contributed by atoms with Crippen molar-refractivity contribution in [3.8, 4) is 0 Å². The van der Waals surface area contributed by atoms with Crippen molar-refractivity contribution in [2.45, 2.75) is 6.10 Å². The molecule has 0 bridgehead atoms. The largest absolute Gasteiger partial charge is 0.300 e. The minimum Gasteiger partial charge on any atom is -0.300 e. The third kappa shape index (κ3) is 1.86. The van der Waals surface area contributed by atoms with Crippen LogP contribution in [0.5, 0.6) is 0 Å². The molecule has 1 aliphatic heterocycles. The molecule has 1 heterocycles. The molecule has 2 nitrogen and oxygen atoms in total. The summed E-state index contributed by atoms with van der Waals surface area (Å²) in [5.74, 6) is 6.98. The number of hydrogen-bond acceptors (Lipinski definition) is 3. The van der Waals surface area contributed by atoms with E-state index in [1.807, 2.05) is 11.8 Å². The molecule has 0 spiro atoms. The van der Waals surface area contributed by atoms with Gasteiger partial charge in [0.15, 0.2) is 0 Å². The van der Waals surface area contributed by atoms with Crippen LogP contribution < -0.4 is 5.90 Å². The van der Waals surface area contributed by atoms with Crippen LogP contribution in [-0.4, -0.2) is 17.6 Å². The summed E-state index contributed by atoms with van der Waals surface area (Å²) in [6.07, 6.45) is 0.356. The highest BCUT2D eigenvalue weighted by Crippen LogP contribution is 2.18. The first-order chi connectivity index (χ1) is 2.93. The van der Waals surface area contributed by atoms with Gasteiger partial charge >= 0.3 is 0 Å². The van der Waals surface area contributed by atoms with Crippen LogP contribution >= 0.6 is 24.2 Å². The van der Waals surface area contributed by atoms with Crippen LogP contribution in [0.2, 0.25) is 0 Å². The molecule has 1 rings (SSSR count). The van der Waals surface area contributed by atoms with Gasteiger partial charge in [-0.3, -0.25) is 4.84 Å². The second-order valence-corrected chi connectivity index (χ2v) is 2.37. The first-order valence-electron chi connectivity index (χ1n) is 1.87. The van der Waals surface area contributed by atoms with Crippen molar-refractivity contribution < 1.29 is 4.84 Å². The molecule has 2 N–H and O–H groups in total. The lowest BCUT2D eigenvalue weighted by Gasteiger charge is -2.21. The Labute approximate surface area is 53.1 Å². The van der Waals surface area contributed by atoms with Crippen LogP contribution in [0.25, 0.3) is 0 Å². The average Bonchev–Trinajstić information content (AvgIpc) is 1.31. The van der Waals surface area contributed by atoms with Crippen molar-refractivity contribution in [3.63, 3.8) is 0 Å². The Bertz CT molecular complexity index is 47.4. The average molecular weight is 142 g/mol. The molecule has 44 valence electrons. The number of hydrogen-bond donors (Lipinski definition) is 1. The molecular weight excluding hydrogens is 134 g/mol. The zero-order valence-corrected chi connectivity index (χ0v) is 5.43. The van der Waals surface area contributed by atoms with Gasteiger partial charge in [-0.1, -0.05) is 0 Å². The van der Waals surface area contributed by atoms with Crippen LogP contribution in [0, 0.1) is 0 Å². The Kier molecular flexibility index (Phi) is 3.83. The lowest BCUT2D eigenvalue weighted by atomic mass is 10.5. The Balaban J connectivity index is 0.000000360.